The van der Waals surface area contributed by atoms with Gasteiger partial charge in [0.15, 0.2) is 6.61 Å². The molecule has 0 saturated carbocycles. The first kappa shape index (κ1) is 20.5. The molecule has 0 aliphatic heterocycles. The zero-order valence-corrected chi connectivity index (χ0v) is 16.0. The minimum absolute atomic E-state index is 0.0129. The van der Waals surface area contributed by atoms with Gasteiger partial charge in [0.1, 0.15) is 11.5 Å². The van der Waals surface area contributed by atoms with E-state index in [1.165, 1.54) is 18.7 Å². The molecule has 0 saturated heterocycles. The summed E-state index contributed by atoms with van der Waals surface area (Å²) >= 11 is 1.26. The lowest BCUT2D eigenvalue weighted by molar-refractivity contribution is -0.124. The number of ketones is 1. The molecule has 1 amide bonds. The molecule has 2 aromatic carbocycles. The second kappa shape index (κ2) is 10.4. The lowest BCUT2D eigenvalue weighted by Crippen LogP contribution is -2.28. The first-order valence-corrected chi connectivity index (χ1v) is 9.26. The molecular weight excluding hydrogens is 366 g/mol. The van der Waals surface area contributed by atoms with E-state index in [-0.39, 0.29) is 24.7 Å². The van der Waals surface area contributed by atoms with Crippen molar-refractivity contribution in [2.45, 2.75) is 18.4 Å². The molecule has 1 N–H and O–H groups in total. The van der Waals surface area contributed by atoms with E-state index >= 15 is 0 Å². The highest BCUT2D eigenvalue weighted by molar-refractivity contribution is 8.00. The third-order valence-corrected chi connectivity index (χ3v) is 4.76. The molecule has 0 aliphatic carbocycles. The molecule has 0 heterocycles. The van der Waals surface area contributed by atoms with Crippen LogP contribution in [0.25, 0.3) is 0 Å². The van der Waals surface area contributed by atoms with Gasteiger partial charge in [0.05, 0.1) is 18.4 Å². The minimum atomic E-state index is -0.603. The molecule has 0 aromatic heterocycles. The highest BCUT2D eigenvalue weighted by atomic mass is 32.2. The second-order valence-electron chi connectivity index (χ2n) is 5.65. The first-order valence-electron chi connectivity index (χ1n) is 8.28. The average Bonchev–Trinajstić information content (AvgIpc) is 2.69. The molecule has 0 bridgehead atoms. The number of ether oxygens (including phenoxy) is 2. The Labute approximate surface area is 162 Å². The number of Topliss-reactive ketones (excluding diaryl/α,β-unsaturated/α-hetero) is 1. The number of thioether (sulfide) groups is 1. The van der Waals surface area contributed by atoms with Crippen LogP contribution in [0, 0.1) is 0 Å². The SMILES string of the molecule is COc1ccccc1CNC(=O)COC(=O)c1ccccc1SCC(C)=O. The Hall–Kier alpha value is -2.80. The van der Waals surface area contributed by atoms with Crippen molar-refractivity contribution in [1.82, 2.24) is 5.32 Å². The predicted molar refractivity (Wildman–Crippen MR) is 103 cm³/mol. The maximum atomic E-state index is 12.3. The van der Waals surface area contributed by atoms with Crippen molar-refractivity contribution in [3.63, 3.8) is 0 Å². The molecule has 0 unspecified atom stereocenters. The van der Waals surface area contributed by atoms with Crippen LogP contribution in [0.15, 0.2) is 53.4 Å². The lowest BCUT2D eigenvalue weighted by Gasteiger charge is -2.11. The van der Waals surface area contributed by atoms with Crippen molar-refractivity contribution in [3.8, 4) is 5.75 Å². The molecule has 0 atom stereocenters. The number of esters is 1. The molecule has 0 fully saturated rings. The van der Waals surface area contributed by atoms with Crippen LogP contribution < -0.4 is 10.1 Å². The smallest absolute Gasteiger partial charge is 0.339 e. The number of carbonyl (C=O) groups is 3. The van der Waals surface area contributed by atoms with Crippen LogP contribution in [0.4, 0.5) is 0 Å². The van der Waals surface area contributed by atoms with E-state index in [4.69, 9.17) is 9.47 Å². The number of hydrogen-bond acceptors (Lipinski definition) is 6. The standard InChI is InChI=1S/C20H21NO5S/c1-14(22)13-27-18-10-6-4-8-16(18)20(24)26-12-19(23)21-11-15-7-3-5-9-17(15)25-2/h3-10H,11-13H2,1-2H3,(H,21,23). The number of nitrogens with one attached hydrogen (secondary N) is 1. The van der Waals surface area contributed by atoms with Crippen molar-refractivity contribution in [2.75, 3.05) is 19.5 Å². The van der Waals surface area contributed by atoms with Crippen LogP contribution in [-0.2, 0) is 20.9 Å². The highest BCUT2D eigenvalue weighted by Crippen LogP contribution is 2.23. The van der Waals surface area contributed by atoms with Crippen LogP contribution in [0.2, 0.25) is 0 Å². The molecule has 142 valence electrons. The third-order valence-electron chi connectivity index (χ3n) is 3.54. The van der Waals surface area contributed by atoms with Gasteiger partial charge in [0.2, 0.25) is 0 Å². The number of rotatable bonds is 9. The second-order valence-corrected chi connectivity index (χ2v) is 6.67. The quantitative estimate of drug-likeness (QED) is 0.526. The van der Waals surface area contributed by atoms with Crippen LogP contribution in [0.3, 0.4) is 0 Å². The predicted octanol–water partition coefficient (Wildman–Crippen LogP) is 2.85. The summed E-state index contributed by atoms with van der Waals surface area (Å²) in [6.45, 7) is 1.37. The van der Waals surface area contributed by atoms with Gasteiger partial charge in [-0.25, -0.2) is 4.79 Å². The van der Waals surface area contributed by atoms with Gasteiger partial charge in [-0.2, -0.15) is 0 Å². The van der Waals surface area contributed by atoms with Crippen molar-refractivity contribution < 1.29 is 23.9 Å². The summed E-state index contributed by atoms with van der Waals surface area (Å²) in [5.41, 5.74) is 1.16. The Morgan fingerprint density at radius 1 is 1.04 bits per heavy atom. The monoisotopic (exact) mass is 387 g/mol. The van der Waals surface area contributed by atoms with Gasteiger partial charge < -0.3 is 14.8 Å². The van der Waals surface area contributed by atoms with Crippen molar-refractivity contribution in [3.05, 3.63) is 59.7 Å². The first-order chi connectivity index (χ1) is 13.0. The van der Waals surface area contributed by atoms with Crippen LogP contribution >= 0.6 is 11.8 Å². The number of hydrogen-bond donors (Lipinski definition) is 1. The molecule has 0 radical (unpaired) electrons. The fourth-order valence-corrected chi connectivity index (χ4v) is 3.08. The maximum Gasteiger partial charge on any atom is 0.339 e. The third kappa shape index (κ3) is 6.45. The maximum absolute atomic E-state index is 12.3. The molecule has 7 heteroatoms. The Morgan fingerprint density at radius 2 is 1.74 bits per heavy atom. The van der Waals surface area contributed by atoms with E-state index in [2.05, 4.69) is 5.32 Å². The fourth-order valence-electron chi connectivity index (χ4n) is 2.24. The molecule has 2 rings (SSSR count). The molecule has 27 heavy (non-hydrogen) atoms. The van der Waals surface area contributed by atoms with Gasteiger partial charge in [-0.1, -0.05) is 30.3 Å². The number of methoxy groups -OCH3 is 1. The zero-order chi connectivity index (χ0) is 19.6. The summed E-state index contributed by atoms with van der Waals surface area (Å²) in [5.74, 6) is -0.0636. The van der Waals surface area contributed by atoms with Crippen LogP contribution in [-0.4, -0.2) is 37.1 Å². The number of amides is 1. The summed E-state index contributed by atoms with van der Waals surface area (Å²) in [5, 5.41) is 2.69. The summed E-state index contributed by atoms with van der Waals surface area (Å²) in [6.07, 6.45) is 0. The Morgan fingerprint density at radius 3 is 2.48 bits per heavy atom. The van der Waals surface area contributed by atoms with Gasteiger partial charge >= 0.3 is 5.97 Å². The van der Waals surface area contributed by atoms with Crippen LogP contribution in [0.5, 0.6) is 5.75 Å². The summed E-state index contributed by atoms with van der Waals surface area (Å²) < 4.78 is 10.3. The summed E-state index contributed by atoms with van der Waals surface area (Å²) in [6, 6.07) is 14.2. The van der Waals surface area contributed by atoms with Gasteiger partial charge in [-0.3, -0.25) is 9.59 Å². The van der Waals surface area contributed by atoms with E-state index in [0.29, 0.717) is 16.2 Å². The Balaban J connectivity index is 1.88. The summed E-state index contributed by atoms with van der Waals surface area (Å²) in [4.78, 5) is 36.0. The zero-order valence-electron chi connectivity index (χ0n) is 15.2. The highest BCUT2D eigenvalue weighted by Gasteiger charge is 2.15. The van der Waals surface area contributed by atoms with Crippen molar-refractivity contribution in [2.24, 2.45) is 0 Å². The fraction of sp³-hybridized carbons (Fsp3) is 0.250. The topological polar surface area (TPSA) is 81.7 Å². The lowest BCUT2D eigenvalue weighted by atomic mass is 10.2. The largest absolute Gasteiger partial charge is 0.496 e. The van der Waals surface area contributed by atoms with E-state index in [1.807, 2.05) is 18.2 Å². The molecule has 0 aliphatic rings. The van der Waals surface area contributed by atoms with Crippen molar-refractivity contribution in [1.29, 1.82) is 0 Å². The number of benzene rings is 2. The molecular formula is C20H21NO5S. The van der Waals surface area contributed by atoms with Crippen molar-refractivity contribution >= 4 is 29.4 Å². The minimum Gasteiger partial charge on any atom is -0.496 e. The van der Waals surface area contributed by atoms with Gasteiger partial charge in [-0.05, 0) is 25.1 Å². The Kier molecular flexibility index (Phi) is 7.88. The average molecular weight is 387 g/mol. The van der Waals surface area contributed by atoms with Gasteiger partial charge in [0.25, 0.3) is 5.91 Å². The number of carbonyl (C=O) groups excluding carboxylic acids is 3. The van der Waals surface area contributed by atoms with Crippen LogP contribution in [0.1, 0.15) is 22.8 Å². The summed E-state index contributed by atoms with van der Waals surface area (Å²) in [7, 11) is 1.56. The van der Waals surface area contributed by atoms with Gasteiger partial charge in [-0.15, -0.1) is 11.8 Å². The normalized spacial score (nSPS) is 10.1. The van der Waals surface area contributed by atoms with Gasteiger partial charge in [0, 0.05) is 17.0 Å². The van der Waals surface area contributed by atoms with E-state index in [9.17, 15) is 14.4 Å². The molecule has 2 aromatic rings. The number of para-hydroxylation sites is 1. The Bertz CT molecular complexity index is 822. The van der Waals surface area contributed by atoms with E-state index in [1.54, 1.807) is 37.4 Å². The molecule has 6 nitrogen and oxygen atoms in total. The van der Waals surface area contributed by atoms with E-state index < -0.39 is 11.9 Å². The molecule has 0 spiro atoms. The van der Waals surface area contributed by atoms with E-state index in [0.717, 1.165) is 5.56 Å².